The van der Waals surface area contributed by atoms with Crippen LogP contribution in [0.3, 0.4) is 0 Å². The van der Waals surface area contributed by atoms with E-state index in [1.165, 1.54) is 45.3 Å². The van der Waals surface area contributed by atoms with E-state index in [-0.39, 0.29) is 0 Å². The van der Waals surface area contributed by atoms with Gasteiger partial charge in [-0.25, -0.2) is 0 Å². The predicted molar refractivity (Wildman–Crippen MR) is 67.4 cm³/mol. The lowest BCUT2D eigenvalue weighted by Gasteiger charge is -2.52. The summed E-state index contributed by atoms with van der Waals surface area (Å²) in [6, 6.07) is 1.61. The van der Waals surface area contributed by atoms with Gasteiger partial charge in [0.2, 0.25) is 0 Å². The van der Waals surface area contributed by atoms with Crippen molar-refractivity contribution in [3.63, 3.8) is 0 Å². The van der Waals surface area contributed by atoms with Gasteiger partial charge in [-0.3, -0.25) is 4.90 Å². The molecule has 3 aliphatic heterocycles. The molecule has 0 spiro atoms. The lowest BCUT2D eigenvalue weighted by Crippen LogP contribution is -2.61. The molecule has 16 heavy (non-hydrogen) atoms. The molecule has 0 amide bonds. The molecule has 3 rings (SSSR count). The van der Waals surface area contributed by atoms with E-state index >= 15 is 0 Å². The first-order chi connectivity index (χ1) is 7.88. The van der Waals surface area contributed by atoms with E-state index in [0.29, 0.717) is 6.04 Å². The molecule has 0 aliphatic carbocycles. The summed E-state index contributed by atoms with van der Waals surface area (Å²) in [6.45, 7) is 7.83. The minimum atomic E-state index is 0.705. The van der Waals surface area contributed by atoms with Crippen LogP contribution < -0.4 is 5.32 Å². The van der Waals surface area contributed by atoms with Crippen LogP contribution in [0.1, 0.15) is 32.1 Å². The Labute approximate surface area is 99.1 Å². The molecule has 3 fully saturated rings. The molecule has 3 saturated heterocycles. The second-order valence-electron chi connectivity index (χ2n) is 5.85. The minimum Gasteiger partial charge on any atom is -0.313 e. The van der Waals surface area contributed by atoms with Crippen LogP contribution in [-0.2, 0) is 0 Å². The van der Waals surface area contributed by atoms with Crippen LogP contribution in [-0.4, -0.2) is 36.6 Å². The van der Waals surface area contributed by atoms with Gasteiger partial charge < -0.3 is 5.32 Å². The predicted octanol–water partition coefficient (Wildman–Crippen LogP) is 2.02. The van der Waals surface area contributed by atoms with Crippen molar-refractivity contribution < 1.29 is 0 Å². The number of hydrogen-bond acceptors (Lipinski definition) is 2. The van der Waals surface area contributed by atoms with E-state index < -0.39 is 0 Å². The highest BCUT2D eigenvalue weighted by atomic mass is 15.2. The van der Waals surface area contributed by atoms with Gasteiger partial charge in [-0.15, -0.1) is 6.58 Å². The maximum atomic E-state index is 3.89. The molecule has 2 bridgehead atoms. The Kier molecular flexibility index (Phi) is 3.03. The molecule has 3 heterocycles. The van der Waals surface area contributed by atoms with E-state index in [2.05, 4.69) is 22.9 Å². The molecule has 2 nitrogen and oxygen atoms in total. The summed E-state index contributed by atoms with van der Waals surface area (Å²) >= 11 is 0. The zero-order valence-corrected chi connectivity index (χ0v) is 10.2. The van der Waals surface area contributed by atoms with Gasteiger partial charge in [0.15, 0.2) is 0 Å². The van der Waals surface area contributed by atoms with Crippen LogP contribution in [0.4, 0.5) is 0 Å². The smallest absolute Gasteiger partial charge is 0.0142 e. The third kappa shape index (κ3) is 1.82. The highest BCUT2D eigenvalue weighted by Crippen LogP contribution is 2.37. The molecule has 2 heteroatoms. The normalized spacial score (nSPS) is 43.8. The zero-order chi connectivity index (χ0) is 11.0. The van der Waals surface area contributed by atoms with E-state index in [9.17, 15) is 0 Å². The Morgan fingerprint density at radius 1 is 1.31 bits per heavy atom. The summed E-state index contributed by atoms with van der Waals surface area (Å²) in [5.41, 5.74) is 0. The molecule has 90 valence electrons. The van der Waals surface area contributed by atoms with E-state index in [1.807, 2.05) is 0 Å². The zero-order valence-electron chi connectivity index (χ0n) is 10.2. The molecule has 0 saturated carbocycles. The number of hydrogen-bond donors (Lipinski definition) is 1. The van der Waals surface area contributed by atoms with Crippen LogP contribution in [0.2, 0.25) is 0 Å². The molecular weight excluding hydrogens is 196 g/mol. The molecule has 1 N–H and O–H groups in total. The summed E-state index contributed by atoms with van der Waals surface area (Å²) in [4.78, 5) is 2.79. The van der Waals surface area contributed by atoms with Crippen LogP contribution in [0, 0.1) is 11.8 Å². The van der Waals surface area contributed by atoms with Gasteiger partial charge in [0.05, 0.1) is 0 Å². The van der Waals surface area contributed by atoms with Gasteiger partial charge in [0.25, 0.3) is 0 Å². The molecule has 3 aliphatic rings. The van der Waals surface area contributed by atoms with Gasteiger partial charge in [0, 0.05) is 18.6 Å². The molecule has 0 aromatic rings. The van der Waals surface area contributed by atoms with Crippen molar-refractivity contribution >= 4 is 0 Å². The Balaban J connectivity index is 1.71. The molecule has 0 aromatic carbocycles. The quantitative estimate of drug-likeness (QED) is 0.716. The standard InChI is InChI=1S/C14H24N2/c1-2-5-13-12-8-11(9-15-13)14-6-3-4-7-16(14)10-12/h2,11-15H,1,3-10H2. The van der Waals surface area contributed by atoms with Gasteiger partial charge in [0.1, 0.15) is 0 Å². The van der Waals surface area contributed by atoms with E-state index in [4.69, 9.17) is 0 Å². The van der Waals surface area contributed by atoms with Crippen molar-refractivity contribution in [3.05, 3.63) is 12.7 Å². The summed E-state index contributed by atoms with van der Waals surface area (Å²) in [7, 11) is 0. The fourth-order valence-corrected chi connectivity index (χ4v) is 4.13. The molecule has 4 atom stereocenters. The number of piperidine rings is 3. The molecule has 0 aromatic heterocycles. The Bertz CT molecular complexity index is 261. The second-order valence-corrected chi connectivity index (χ2v) is 5.85. The Morgan fingerprint density at radius 3 is 3.12 bits per heavy atom. The number of rotatable bonds is 2. The fourth-order valence-electron chi connectivity index (χ4n) is 4.13. The third-order valence-corrected chi connectivity index (χ3v) is 4.91. The first-order valence-corrected chi connectivity index (χ1v) is 6.97. The Morgan fingerprint density at radius 2 is 2.25 bits per heavy atom. The lowest BCUT2D eigenvalue weighted by atomic mass is 9.73. The van der Waals surface area contributed by atoms with Gasteiger partial charge in [-0.1, -0.05) is 12.5 Å². The van der Waals surface area contributed by atoms with Crippen LogP contribution >= 0.6 is 0 Å². The van der Waals surface area contributed by atoms with Gasteiger partial charge in [-0.2, -0.15) is 0 Å². The largest absolute Gasteiger partial charge is 0.313 e. The maximum Gasteiger partial charge on any atom is 0.0142 e. The monoisotopic (exact) mass is 220 g/mol. The highest BCUT2D eigenvalue weighted by molar-refractivity contribution is 4.99. The van der Waals surface area contributed by atoms with Gasteiger partial charge >= 0.3 is 0 Å². The van der Waals surface area contributed by atoms with Crippen molar-refractivity contribution in [1.29, 1.82) is 0 Å². The second kappa shape index (κ2) is 4.50. The SMILES string of the molecule is C=CCC1NCC2CC1CN1CCCCC21. The first kappa shape index (κ1) is 10.8. The van der Waals surface area contributed by atoms with Gasteiger partial charge in [-0.05, 0) is 50.6 Å². The third-order valence-electron chi connectivity index (χ3n) is 4.91. The number of nitrogens with one attached hydrogen (secondary N) is 1. The Hall–Kier alpha value is -0.340. The average Bonchev–Trinajstić information content (AvgIpc) is 2.33. The average molecular weight is 220 g/mol. The van der Waals surface area contributed by atoms with Crippen molar-refractivity contribution in [2.24, 2.45) is 11.8 Å². The van der Waals surface area contributed by atoms with Crippen molar-refractivity contribution in [2.45, 2.75) is 44.2 Å². The van der Waals surface area contributed by atoms with Crippen molar-refractivity contribution in [2.75, 3.05) is 19.6 Å². The minimum absolute atomic E-state index is 0.705. The summed E-state index contributed by atoms with van der Waals surface area (Å²) in [6.07, 6.45) is 9.03. The van der Waals surface area contributed by atoms with Crippen molar-refractivity contribution in [1.82, 2.24) is 10.2 Å². The summed E-state index contributed by atoms with van der Waals surface area (Å²) in [5, 5.41) is 3.76. The summed E-state index contributed by atoms with van der Waals surface area (Å²) < 4.78 is 0. The fraction of sp³-hybridized carbons (Fsp3) is 0.857. The van der Waals surface area contributed by atoms with E-state index in [1.54, 1.807) is 0 Å². The number of nitrogens with zero attached hydrogens (tertiary/aromatic N) is 1. The molecule has 4 unspecified atom stereocenters. The highest BCUT2D eigenvalue weighted by Gasteiger charge is 2.42. The van der Waals surface area contributed by atoms with Crippen LogP contribution in [0.15, 0.2) is 12.7 Å². The number of fused-ring (bicyclic) bond motifs is 4. The van der Waals surface area contributed by atoms with Crippen LogP contribution in [0.25, 0.3) is 0 Å². The lowest BCUT2D eigenvalue weighted by molar-refractivity contribution is -0.00644. The topological polar surface area (TPSA) is 15.3 Å². The first-order valence-electron chi connectivity index (χ1n) is 6.97. The molecular formula is C14H24N2. The van der Waals surface area contributed by atoms with Crippen LogP contribution in [0.5, 0.6) is 0 Å². The molecule has 0 radical (unpaired) electrons. The van der Waals surface area contributed by atoms with E-state index in [0.717, 1.165) is 24.3 Å². The van der Waals surface area contributed by atoms with Crippen molar-refractivity contribution in [3.8, 4) is 0 Å². The summed E-state index contributed by atoms with van der Waals surface area (Å²) in [5.74, 6) is 1.81. The maximum absolute atomic E-state index is 3.89.